The number of nitrogens with two attached hydrogens (primary N) is 1. The Morgan fingerprint density at radius 1 is 1.64 bits per heavy atom. The third-order valence-corrected chi connectivity index (χ3v) is 2.11. The molecule has 0 amide bonds. The Kier molecular flexibility index (Phi) is 3.96. The first kappa shape index (κ1) is 10.6. The van der Waals surface area contributed by atoms with Crippen molar-refractivity contribution in [1.82, 2.24) is 4.98 Å². The van der Waals surface area contributed by atoms with E-state index in [2.05, 4.69) is 22.7 Å². The third kappa shape index (κ3) is 2.24. The topological polar surface area (TPSA) is 42.2 Å². The lowest BCUT2D eigenvalue weighted by atomic mass is 10.2. The average molecular weight is 189 g/mol. The van der Waals surface area contributed by atoms with Gasteiger partial charge in [0.2, 0.25) is 0 Å². The Balaban J connectivity index is 2.97. The van der Waals surface area contributed by atoms with E-state index in [4.69, 9.17) is 12.2 Å². The van der Waals surface area contributed by atoms with Crippen molar-refractivity contribution in [2.75, 3.05) is 18.0 Å². The summed E-state index contributed by atoms with van der Waals surface area (Å²) in [6.45, 7) is 4.03. The van der Waals surface area contributed by atoms with Crippen molar-refractivity contribution in [2.45, 2.75) is 13.5 Å². The zero-order valence-corrected chi connectivity index (χ0v) is 8.40. The molecule has 1 heterocycles. The Morgan fingerprint density at radius 2 is 2.43 bits per heavy atom. The van der Waals surface area contributed by atoms with E-state index >= 15 is 0 Å². The minimum atomic E-state index is 0.513. The van der Waals surface area contributed by atoms with Gasteiger partial charge in [0.1, 0.15) is 0 Å². The van der Waals surface area contributed by atoms with E-state index in [0.717, 1.165) is 17.8 Å². The maximum Gasteiger partial charge on any atom is 0.0792 e. The Hall–Kier alpha value is -1.53. The van der Waals surface area contributed by atoms with Gasteiger partial charge in [0.15, 0.2) is 0 Å². The van der Waals surface area contributed by atoms with Crippen molar-refractivity contribution in [3.63, 3.8) is 0 Å². The van der Waals surface area contributed by atoms with E-state index in [1.165, 1.54) is 0 Å². The normalized spacial score (nSPS) is 9.50. The van der Waals surface area contributed by atoms with Crippen molar-refractivity contribution in [1.29, 1.82) is 0 Å². The SMILES string of the molecule is C#CCN(CC)c1cnccc1CN. The maximum absolute atomic E-state index is 5.63. The fourth-order valence-corrected chi connectivity index (χ4v) is 1.35. The second kappa shape index (κ2) is 5.25. The van der Waals surface area contributed by atoms with E-state index in [1.807, 2.05) is 12.3 Å². The lowest BCUT2D eigenvalue weighted by molar-refractivity contribution is 0.893. The molecule has 1 aromatic heterocycles. The van der Waals surface area contributed by atoms with Crippen molar-refractivity contribution >= 4 is 5.69 Å². The molecule has 0 atom stereocenters. The van der Waals surface area contributed by atoms with Crippen LogP contribution in [0.1, 0.15) is 12.5 Å². The molecule has 1 rings (SSSR count). The fourth-order valence-electron chi connectivity index (χ4n) is 1.35. The van der Waals surface area contributed by atoms with Gasteiger partial charge in [0.05, 0.1) is 18.4 Å². The first-order valence-corrected chi connectivity index (χ1v) is 4.64. The zero-order valence-electron chi connectivity index (χ0n) is 8.40. The summed E-state index contributed by atoms with van der Waals surface area (Å²) < 4.78 is 0. The highest BCUT2D eigenvalue weighted by Gasteiger charge is 2.06. The van der Waals surface area contributed by atoms with Gasteiger partial charge in [-0.25, -0.2) is 0 Å². The second-order valence-corrected chi connectivity index (χ2v) is 2.93. The summed E-state index contributed by atoms with van der Waals surface area (Å²) >= 11 is 0. The molecule has 0 spiro atoms. The molecule has 14 heavy (non-hydrogen) atoms. The van der Waals surface area contributed by atoms with Crippen molar-refractivity contribution in [3.05, 3.63) is 24.0 Å². The molecule has 1 aromatic rings. The molecule has 0 aliphatic rings. The molecule has 0 saturated heterocycles. The van der Waals surface area contributed by atoms with Gasteiger partial charge in [0, 0.05) is 19.3 Å². The molecule has 0 saturated carbocycles. The Morgan fingerprint density at radius 3 is 3.00 bits per heavy atom. The molecule has 3 nitrogen and oxygen atoms in total. The van der Waals surface area contributed by atoms with Crippen LogP contribution in [0.3, 0.4) is 0 Å². The van der Waals surface area contributed by atoms with E-state index in [0.29, 0.717) is 13.1 Å². The van der Waals surface area contributed by atoms with Gasteiger partial charge in [-0.3, -0.25) is 4.98 Å². The second-order valence-electron chi connectivity index (χ2n) is 2.93. The largest absolute Gasteiger partial charge is 0.359 e. The molecule has 0 aliphatic carbocycles. The van der Waals surface area contributed by atoms with Crippen LogP contribution in [0.15, 0.2) is 18.5 Å². The molecule has 2 N–H and O–H groups in total. The summed E-state index contributed by atoms with van der Waals surface area (Å²) in [5, 5.41) is 0. The van der Waals surface area contributed by atoms with E-state index in [1.54, 1.807) is 6.20 Å². The number of hydrogen-bond acceptors (Lipinski definition) is 3. The van der Waals surface area contributed by atoms with Gasteiger partial charge in [0.25, 0.3) is 0 Å². The highest BCUT2D eigenvalue weighted by molar-refractivity contribution is 5.52. The van der Waals surface area contributed by atoms with Crippen LogP contribution in [0.5, 0.6) is 0 Å². The highest BCUT2D eigenvalue weighted by Crippen LogP contribution is 2.17. The van der Waals surface area contributed by atoms with Crippen LogP contribution >= 0.6 is 0 Å². The van der Waals surface area contributed by atoms with Crippen LogP contribution < -0.4 is 10.6 Å². The minimum absolute atomic E-state index is 0.513. The molecule has 0 bridgehead atoms. The number of anilines is 1. The number of terminal acetylenes is 1. The van der Waals surface area contributed by atoms with Crippen LogP contribution in [0.25, 0.3) is 0 Å². The van der Waals surface area contributed by atoms with Crippen molar-refractivity contribution in [3.8, 4) is 12.3 Å². The van der Waals surface area contributed by atoms with Gasteiger partial charge in [-0.15, -0.1) is 6.42 Å². The van der Waals surface area contributed by atoms with Gasteiger partial charge >= 0.3 is 0 Å². The molecule has 0 aromatic carbocycles. The summed E-state index contributed by atoms with van der Waals surface area (Å²) in [4.78, 5) is 6.16. The summed E-state index contributed by atoms with van der Waals surface area (Å²) in [7, 11) is 0. The molecular weight excluding hydrogens is 174 g/mol. The summed E-state index contributed by atoms with van der Waals surface area (Å²) in [6.07, 6.45) is 8.84. The smallest absolute Gasteiger partial charge is 0.0792 e. The van der Waals surface area contributed by atoms with Gasteiger partial charge < -0.3 is 10.6 Å². The predicted molar refractivity (Wildman–Crippen MR) is 58.8 cm³/mol. The van der Waals surface area contributed by atoms with Crippen LogP contribution in [0.4, 0.5) is 5.69 Å². The van der Waals surface area contributed by atoms with Crippen molar-refractivity contribution in [2.24, 2.45) is 5.73 Å². The number of nitrogens with zero attached hydrogens (tertiary/aromatic N) is 2. The number of hydrogen-bond donors (Lipinski definition) is 1. The lowest BCUT2D eigenvalue weighted by Crippen LogP contribution is -2.24. The molecule has 0 fully saturated rings. The van der Waals surface area contributed by atoms with Crippen LogP contribution in [0.2, 0.25) is 0 Å². The maximum atomic E-state index is 5.63. The molecule has 74 valence electrons. The Labute approximate surface area is 84.9 Å². The number of aromatic nitrogens is 1. The monoisotopic (exact) mass is 189 g/mol. The van der Waals surface area contributed by atoms with Gasteiger partial charge in [-0.05, 0) is 18.6 Å². The quantitative estimate of drug-likeness (QED) is 0.718. The number of pyridine rings is 1. The Bertz CT molecular complexity index is 328. The third-order valence-electron chi connectivity index (χ3n) is 2.11. The first-order chi connectivity index (χ1) is 6.83. The summed E-state index contributed by atoms with van der Waals surface area (Å²) in [5.41, 5.74) is 7.75. The molecular formula is C11H15N3. The summed E-state index contributed by atoms with van der Waals surface area (Å²) in [5.74, 6) is 2.63. The average Bonchev–Trinajstić information content (AvgIpc) is 2.26. The van der Waals surface area contributed by atoms with Crippen LogP contribution in [-0.4, -0.2) is 18.1 Å². The highest BCUT2D eigenvalue weighted by atomic mass is 15.1. The first-order valence-electron chi connectivity index (χ1n) is 4.64. The zero-order chi connectivity index (χ0) is 10.4. The van der Waals surface area contributed by atoms with E-state index in [-0.39, 0.29) is 0 Å². The van der Waals surface area contributed by atoms with Crippen LogP contribution in [-0.2, 0) is 6.54 Å². The molecule has 3 heteroatoms. The predicted octanol–water partition coefficient (Wildman–Crippen LogP) is 1.000. The van der Waals surface area contributed by atoms with Crippen molar-refractivity contribution < 1.29 is 0 Å². The number of rotatable bonds is 4. The van der Waals surface area contributed by atoms with E-state index in [9.17, 15) is 0 Å². The van der Waals surface area contributed by atoms with Gasteiger partial charge in [-0.2, -0.15) is 0 Å². The molecule has 0 radical (unpaired) electrons. The minimum Gasteiger partial charge on any atom is -0.359 e. The molecule has 0 aliphatic heterocycles. The van der Waals surface area contributed by atoms with Crippen LogP contribution in [0, 0.1) is 12.3 Å². The van der Waals surface area contributed by atoms with E-state index < -0.39 is 0 Å². The standard InChI is InChI=1S/C11H15N3/c1-3-7-14(4-2)11-9-13-6-5-10(11)8-12/h1,5-6,9H,4,7-8,12H2,2H3. The van der Waals surface area contributed by atoms with Gasteiger partial charge in [-0.1, -0.05) is 5.92 Å². The summed E-state index contributed by atoms with van der Waals surface area (Å²) in [6, 6.07) is 1.93. The lowest BCUT2D eigenvalue weighted by Gasteiger charge is -2.22. The fraction of sp³-hybridized carbons (Fsp3) is 0.364. The molecule has 0 unspecified atom stereocenters.